The van der Waals surface area contributed by atoms with Gasteiger partial charge in [0, 0.05) is 12.4 Å². The molecule has 0 amide bonds. The van der Waals surface area contributed by atoms with Gasteiger partial charge in [0.15, 0.2) is 5.01 Å². The number of nitrogens with zero attached hydrogens (tertiary/aromatic N) is 2. The zero-order chi connectivity index (χ0) is 9.97. The lowest BCUT2D eigenvalue weighted by Gasteiger charge is -2.02. The Bertz CT molecular complexity index is 491. The van der Waals surface area contributed by atoms with Crippen LogP contribution in [-0.4, -0.2) is 22.3 Å². The fraction of sp³-hybridized carbons (Fsp3) is 0.125. The van der Waals surface area contributed by atoms with Crippen molar-refractivity contribution < 1.29 is 4.74 Å². The van der Waals surface area contributed by atoms with E-state index in [2.05, 4.69) is 15.2 Å². The van der Waals surface area contributed by atoms with E-state index in [4.69, 9.17) is 4.74 Å². The quantitative estimate of drug-likeness (QED) is 0.798. The van der Waals surface area contributed by atoms with Gasteiger partial charge in [0.25, 0.3) is 0 Å². The van der Waals surface area contributed by atoms with Crippen LogP contribution >= 0.6 is 11.3 Å². The van der Waals surface area contributed by atoms with Crippen molar-refractivity contribution in [2.75, 3.05) is 7.11 Å². The summed E-state index contributed by atoms with van der Waals surface area (Å²) >= 11 is 1.03. The second kappa shape index (κ2) is 3.59. The van der Waals surface area contributed by atoms with Gasteiger partial charge in [0.2, 0.25) is 0 Å². The summed E-state index contributed by atoms with van der Waals surface area (Å²) in [7, 11) is 1.56. The average molecular weight is 209 g/mol. The average Bonchev–Trinajstić information content (AvgIpc) is 2.65. The van der Waals surface area contributed by atoms with Gasteiger partial charge in [-0.3, -0.25) is 9.78 Å². The van der Waals surface area contributed by atoms with Crippen molar-refractivity contribution in [3.8, 4) is 16.3 Å². The zero-order valence-electron chi connectivity index (χ0n) is 7.35. The van der Waals surface area contributed by atoms with Crippen LogP contribution in [0.3, 0.4) is 0 Å². The van der Waals surface area contributed by atoms with Crippen molar-refractivity contribution in [1.29, 1.82) is 0 Å². The molecule has 0 radical (unpaired) electrons. The second-order valence-corrected chi connectivity index (χ2v) is 3.46. The normalized spacial score (nSPS) is 10.1. The number of ether oxygens (including phenoxy) is 1. The molecule has 0 spiro atoms. The molecule has 0 fully saturated rings. The summed E-state index contributed by atoms with van der Waals surface area (Å²) in [6, 6.07) is 1.72. The van der Waals surface area contributed by atoms with Crippen LogP contribution in [0, 0.1) is 0 Å². The SMILES string of the molecule is COc1ccncc1-c1n[nH]c(=O)s1. The number of rotatable bonds is 2. The van der Waals surface area contributed by atoms with Crippen molar-refractivity contribution in [2.45, 2.75) is 0 Å². The van der Waals surface area contributed by atoms with Gasteiger partial charge in [-0.25, -0.2) is 5.10 Å². The standard InChI is InChI=1S/C8H7N3O2S/c1-13-6-2-3-9-4-5(6)7-10-11-8(12)14-7/h2-4H,1H3,(H,11,12). The molecule has 0 aliphatic heterocycles. The molecule has 0 atom stereocenters. The molecule has 14 heavy (non-hydrogen) atoms. The van der Waals surface area contributed by atoms with E-state index >= 15 is 0 Å². The molecule has 0 aliphatic carbocycles. The Hall–Kier alpha value is -1.69. The lowest BCUT2D eigenvalue weighted by atomic mass is 10.3. The van der Waals surface area contributed by atoms with Gasteiger partial charge in [0.05, 0.1) is 12.7 Å². The van der Waals surface area contributed by atoms with E-state index in [1.165, 1.54) is 0 Å². The Morgan fingerprint density at radius 2 is 2.43 bits per heavy atom. The lowest BCUT2D eigenvalue weighted by Crippen LogP contribution is -1.90. The van der Waals surface area contributed by atoms with Gasteiger partial charge >= 0.3 is 4.87 Å². The molecular formula is C8H7N3O2S. The Kier molecular flexibility index (Phi) is 2.28. The predicted molar refractivity (Wildman–Crippen MR) is 52.5 cm³/mol. The summed E-state index contributed by atoms with van der Waals surface area (Å²) in [6.45, 7) is 0. The molecule has 0 saturated carbocycles. The molecule has 72 valence electrons. The van der Waals surface area contributed by atoms with Gasteiger partial charge in [-0.2, -0.15) is 5.10 Å². The van der Waals surface area contributed by atoms with Crippen LogP contribution in [0.5, 0.6) is 5.75 Å². The first kappa shape index (κ1) is 8.89. The lowest BCUT2D eigenvalue weighted by molar-refractivity contribution is 0.416. The molecular weight excluding hydrogens is 202 g/mol. The van der Waals surface area contributed by atoms with Crippen LogP contribution in [-0.2, 0) is 0 Å². The molecule has 0 aliphatic rings. The third-order valence-corrected chi connectivity index (χ3v) is 2.45. The first-order chi connectivity index (χ1) is 6.81. The molecule has 5 nitrogen and oxygen atoms in total. The van der Waals surface area contributed by atoms with Crippen molar-refractivity contribution in [2.24, 2.45) is 0 Å². The van der Waals surface area contributed by atoms with E-state index in [9.17, 15) is 4.79 Å². The largest absolute Gasteiger partial charge is 0.496 e. The van der Waals surface area contributed by atoms with Gasteiger partial charge in [-0.15, -0.1) is 0 Å². The van der Waals surface area contributed by atoms with Crippen LogP contribution in [0.4, 0.5) is 0 Å². The summed E-state index contributed by atoms with van der Waals surface area (Å²) in [5.41, 5.74) is 0.721. The minimum atomic E-state index is -0.189. The van der Waals surface area contributed by atoms with E-state index in [1.54, 1.807) is 25.6 Å². The van der Waals surface area contributed by atoms with Crippen molar-refractivity contribution in [1.82, 2.24) is 15.2 Å². The van der Waals surface area contributed by atoms with Crippen LogP contribution < -0.4 is 9.61 Å². The van der Waals surface area contributed by atoms with E-state index < -0.39 is 0 Å². The fourth-order valence-electron chi connectivity index (χ4n) is 1.07. The number of pyridine rings is 1. The molecule has 0 saturated heterocycles. The molecule has 2 aromatic heterocycles. The third kappa shape index (κ3) is 1.51. The number of nitrogens with one attached hydrogen (secondary N) is 1. The first-order valence-corrected chi connectivity index (χ1v) is 4.67. The summed E-state index contributed by atoms with van der Waals surface area (Å²) in [5, 5.41) is 6.79. The van der Waals surface area contributed by atoms with Crippen LogP contribution in [0.2, 0.25) is 0 Å². The number of aromatic amines is 1. The summed E-state index contributed by atoms with van der Waals surface area (Å²) < 4.78 is 5.12. The molecule has 0 unspecified atom stereocenters. The van der Waals surface area contributed by atoms with Crippen molar-refractivity contribution >= 4 is 11.3 Å². The fourth-order valence-corrected chi connectivity index (χ4v) is 1.69. The second-order valence-electron chi connectivity index (χ2n) is 2.49. The van der Waals surface area contributed by atoms with E-state index in [1.807, 2.05) is 0 Å². The van der Waals surface area contributed by atoms with Crippen LogP contribution in [0.25, 0.3) is 10.6 Å². The Labute approximate surface area is 83.4 Å². The number of hydrogen-bond donors (Lipinski definition) is 1. The summed E-state index contributed by atoms with van der Waals surface area (Å²) in [4.78, 5) is 14.7. The maximum Gasteiger partial charge on any atom is 0.322 e. The Balaban J connectivity index is 2.55. The molecule has 0 aromatic carbocycles. The highest BCUT2D eigenvalue weighted by Gasteiger charge is 2.09. The van der Waals surface area contributed by atoms with Gasteiger partial charge < -0.3 is 4.74 Å². The topological polar surface area (TPSA) is 67.9 Å². The van der Waals surface area contributed by atoms with Gasteiger partial charge in [0.1, 0.15) is 5.75 Å². The van der Waals surface area contributed by atoms with Crippen LogP contribution in [0.15, 0.2) is 23.3 Å². The van der Waals surface area contributed by atoms with Crippen LogP contribution in [0.1, 0.15) is 0 Å². The summed E-state index contributed by atoms with van der Waals surface area (Å²) in [6.07, 6.45) is 3.24. The van der Waals surface area contributed by atoms with E-state index in [0.717, 1.165) is 16.9 Å². The molecule has 2 aromatic rings. The minimum Gasteiger partial charge on any atom is -0.496 e. The number of hydrogen-bond acceptors (Lipinski definition) is 5. The number of H-pyrrole nitrogens is 1. The summed E-state index contributed by atoms with van der Waals surface area (Å²) in [5.74, 6) is 0.655. The van der Waals surface area contributed by atoms with Gasteiger partial charge in [-0.1, -0.05) is 11.3 Å². The number of aromatic nitrogens is 3. The Morgan fingerprint density at radius 3 is 3.07 bits per heavy atom. The molecule has 2 heterocycles. The zero-order valence-corrected chi connectivity index (χ0v) is 8.17. The monoisotopic (exact) mass is 209 g/mol. The minimum absolute atomic E-state index is 0.189. The smallest absolute Gasteiger partial charge is 0.322 e. The first-order valence-electron chi connectivity index (χ1n) is 3.85. The highest BCUT2D eigenvalue weighted by atomic mass is 32.1. The Morgan fingerprint density at radius 1 is 1.57 bits per heavy atom. The van der Waals surface area contributed by atoms with E-state index in [-0.39, 0.29) is 4.87 Å². The molecule has 1 N–H and O–H groups in total. The molecule has 2 rings (SSSR count). The van der Waals surface area contributed by atoms with Crippen molar-refractivity contribution in [3.05, 3.63) is 28.1 Å². The van der Waals surface area contributed by atoms with Crippen molar-refractivity contribution in [3.63, 3.8) is 0 Å². The van der Waals surface area contributed by atoms with Gasteiger partial charge in [-0.05, 0) is 6.07 Å². The highest BCUT2D eigenvalue weighted by Crippen LogP contribution is 2.27. The maximum atomic E-state index is 10.9. The third-order valence-electron chi connectivity index (χ3n) is 1.67. The number of methoxy groups -OCH3 is 1. The highest BCUT2D eigenvalue weighted by molar-refractivity contribution is 7.12. The molecule has 0 bridgehead atoms. The molecule has 6 heteroatoms. The predicted octanol–water partition coefficient (Wildman–Crippen LogP) is 0.902. The maximum absolute atomic E-state index is 10.9. The van der Waals surface area contributed by atoms with E-state index in [0.29, 0.717) is 10.8 Å².